The van der Waals surface area contributed by atoms with Gasteiger partial charge in [0.25, 0.3) is 0 Å². The number of hydrogen-bond donors (Lipinski definition) is 1. The minimum Gasteiger partial charge on any atom is -0.378 e. The fourth-order valence-corrected chi connectivity index (χ4v) is 1.95. The zero-order valence-corrected chi connectivity index (χ0v) is 10.0. The molecule has 0 bridgehead atoms. The first-order chi connectivity index (χ1) is 8.15. The molecule has 2 aromatic heterocycles. The van der Waals surface area contributed by atoms with E-state index in [0.29, 0.717) is 5.69 Å². The molecule has 0 aromatic carbocycles. The van der Waals surface area contributed by atoms with E-state index in [0.717, 1.165) is 5.56 Å². The SMILES string of the molecule is CC(C)C(O)(c1cccnc1)c1ccccn1. The zero-order valence-electron chi connectivity index (χ0n) is 10.0. The van der Waals surface area contributed by atoms with Gasteiger partial charge in [0, 0.05) is 24.2 Å². The van der Waals surface area contributed by atoms with Crippen LogP contribution in [0, 0.1) is 5.92 Å². The molecule has 3 heteroatoms. The maximum absolute atomic E-state index is 10.9. The number of aromatic nitrogens is 2. The molecule has 0 aliphatic heterocycles. The molecular formula is C14H16N2O. The van der Waals surface area contributed by atoms with Crippen LogP contribution in [-0.2, 0) is 5.60 Å². The van der Waals surface area contributed by atoms with Gasteiger partial charge in [-0.3, -0.25) is 9.97 Å². The first-order valence-electron chi connectivity index (χ1n) is 5.70. The van der Waals surface area contributed by atoms with Gasteiger partial charge in [-0.15, -0.1) is 0 Å². The van der Waals surface area contributed by atoms with Crippen molar-refractivity contribution in [2.75, 3.05) is 0 Å². The molecule has 88 valence electrons. The summed E-state index contributed by atoms with van der Waals surface area (Å²) in [7, 11) is 0. The Hall–Kier alpha value is -1.74. The third-order valence-corrected chi connectivity index (χ3v) is 2.99. The maximum atomic E-state index is 10.9. The Kier molecular flexibility index (Phi) is 3.20. The van der Waals surface area contributed by atoms with Crippen LogP contribution in [0.25, 0.3) is 0 Å². The highest BCUT2D eigenvalue weighted by atomic mass is 16.3. The third kappa shape index (κ3) is 2.06. The predicted molar refractivity (Wildman–Crippen MR) is 66.3 cm³/mol. The van der Waals surface area contributed by atoms with Crippen molar-refractivity contribution in [1.29, 1.82) is 0 Å². The second kappa shape index (κ2) is 4.63. The predicted octanol–water partition coefficient (Wildman–Crippen LogP) is 2.37. The molecule has 3 nitrogen and oxygen atoms in total. The van der Waals surface area contributed by atoms with Crippen LogP contribution in [0.5, 0.6) is 0 Å². The maximum Gasteiger partial charge on any atom is 0.135 e. The fourth-order valence-electron chi connectivity index (χ4n) is 1.95. The topological polar surface area (TPSA) is 46.0 Å². The standard InChI is InChI=1S/C14H16N2O/c1-11(2)14(17,12-6-5-8-15-10-12)13-7-3-4-9-16-13/h3-11,17H,1-2H3. The van der Waals surface area contributed by atoms with Crippen LogP contribution in [0.1, 0.15) is 25.1 Å². The second-order valence-electron chi connectivity index (χ2n) is 4.38. The number of rotatable bonds is 3. The van der Waals surface area contributed by atoms with Crippen molar-refractivity contribution in [1.82, 2.24) is 9.97 Å². The smallest absolute Gasteiger partial charge is 0.135 e. The molecule has 0 aliphatic carbocycles. The van der Waals surface area contributed by atoms with Crippen molar-refractivity contribution >= 4 is 0 Å². The Morgan fingerprint density at radius 3 is 2.47 bits per heavy atom. The molecular weight excluding hydrogens is 212 g/mol. The summed E-state index contributed by atoms with van der Waals surface area (Å²) in [6.07, 6.45) is 5.08. The van der Waals surface area contributed by atoms with Crippen molar-refractivity contribution < 1.29 is 5.11 Å². The van der Waals surface area contributed by atoms with Crippen LogP contribution in [0.4, 0.5) is 0 Å². The van der Waals surface area contributed by atoms with Crippen LogP contribution >= 0.6 is 0 Å². The number of hydrogen-bond acceptors (Lipinski definition) is 3. The molecule has 0 radical (unpaired) electrons. The largest absolute Gasteiger partial charge is 0.378 e. The molecule has 2 heterocycles. The van der Waals surface area contributed by atoms with E-state index < -0.39 is 5.60 Å². The van der Waals surface area contributed by atoms with Crippen molar-refractivity contribution in [2.45, 2.75) is 19.4 Å². The number of aliphatic hydroxyl groups is 1. The van der Waals surface area contributed by atoms with Gasteiger partial charge in [0.2, 0.25) is 0 Å². The van der Waals surface area contributed by atoms with Crippen molar-refractivity contribution in [3.8, 4) is 0 Å². The Morgan fingerprint density at radius 1 is 1.12 bits per heavy atom. The highest BCUT2D eigenvalue weighted by Gasteiger charge is 2.36. The van der Waals surface area contributed by atoms with E-state index in [-0.39, 0.29) is 5.92 Å². The Morgan fingerprint density at radius 2 is 1.94 bits per heavy atom. The van der Waals surface area contributed by atoms with Gasteiger partial charge in [0.1, 0.15) is 5.60 Å². The molecule has 0 saturated carbocycles. The van der Waals surface area contributed by atoms with E-state index >= 15 is 0 Å². The first kappa shape index (κ1) is 11.7. The lowest BCUT2D eigenvalue weighted by molar-refractivity contribution is 0.0272. The summed E-state index contributed by atoms with van der Waals surface area (Å²) in [6.45, 7) is 3.95. The first-order valence-corrected chi connectivity index (χ1v) is 5.70. The minimum atomic E-state index is -1.09. The van der Waals surface area contributed by atoms with Crippen LogP contribution in [0.3, 0.4) is 0 Å². The molecule has 2 rings (SSSR count). The Labute approximate surface area is 101 Å². The van der Waals surface area contributed by atoms with Gasteiger partial charge in [-0.05, 0) is 24.1 Å². The molecule has 0 fully saturated rings. The van der Waals surface area contributed by atoms with E-state index in [2.05, 4.69) is 9.97 Å². The monoisotopic (exact) mass is 228 g/mol. The van der Waals surface area contributed by atoms with Gasteiger partial charge >= 0.3 is 0 Å². The van der Waals surface area contributed by atoms with Gasteiger partial charge in [0.15, 0.2) is 0 Å². The summed E-state index contributed by atoms with van der Waals surface area (Å²) in [6, 6.07) is 9.26. The summed E-state index contributed by atoms with van der Waals surface area (Å²) in [5.74, 6) is 0.0154. The van der Waals surface area contributed by atoms with E-state index in [1.54, 1.807) is 18.6 Å². The van der Waals surface area contributed by atoms with E-state index in [1.807, 2.05) is 44.2 Å². The summed E-state index contributed by atoms with van der Waals surface area (Å²) in [5.41, 5.74) is 0.340. The van der Waals surface area contributed by atoms with Crippen LogP contribution in [-0.4, -0.2) is 15.1 Å². The van der Waals surface area contributed by atoms with E-state index in [9.17, 15) is 5.11 Å². The van der Waals surface area contributed by atoms with Crippen molar-refractivity contribution in [2.24, 2.45) is 5.92 Å². The lowest BCUT2D eigenvalue weighted by Gasteiger charge is -2.31. The molecule has 1 unspecified atom stereocenters. The van der Waals surface area contributed by atoms with E-state index in [4.69, 9.17) is 0 Å². The molecule has 17 heavy (non-hydrogen) atoms. The average Bonchev–Trinajstić information content (AvgIpc) is 2.39. The van der Waals surface area contributed by atoms with Gasteiger partial charge in [-0.25, -0.2) is 0 Å². The number of pyridine rings is 2. The van der Waals surface area contributed by atoms with Gasteiger partial charge in [-0.2, -0.15) is 0 Å². The van der Waals surface area contributed by atoms with Crippen LogP contribution in [0.2, 0.25) is 0 Å². The van der Waals surface area contributed by atoms with Crippen LogP contribution in [0.15, 0.2) is 48.9 Å². The van der Waals surface area contributed by atoms with Gasteiger partial charge in [-0.1, -0.05) is 26.0 Å². The molecule has 0 aliphatic rings. The highest BCUT2D eigenvalue weighted by Crippen LogP contribution is 2.34. The highest BCUT2D eigenvalue weighted by molar-refractivity contribution is 5.30. The number of nitrogens with zero attached hydrogens (tertiary/aromatic N) is 2. The molecule has 1 atom stereocenters. The molecule has 1 N–H and O–H groups in total. The average molecular weight is 228 g/mol. The summed E-state index contributed by atoms with van der Waals surface area (Å²) in [5, 5.41) is 10.9. The molecule has 0 spiro atoms. The molecule has 2 aromatic rings. The van der Waals surface area contributed by atoms with Gasteiger partial charge < -0.3 is 5.11 Å². The lowest BCUT2D eigenvalue weighted by Crippen LogP contribution is -2.34. The minimum absolute atomic E-state index is 0.0154. The molecule has 0 amide bonds. The summed E-state index contributed by atoms with van der Waals surface area (Å²) in [4.78, 5) is 8.34. The quantitative estimate of drug-likeness (QED) is 0.877. The Bertz CT molecular complexity index is 429. The second-order valence-corrected chi connectivity index (χ2v) is 4.38. The van der Waals surface area contributed by atoms with Crippen LogP contribution < -0.4 is 0 Å². The fraction of sp³-hybridized carbons (Fsp3) is 0.286. The normalized spacial score (nSPS) is 14.6. The lowest BCUT2D eigenvalue weighted by atomic mass is 9.81. The van der Waals surface area contributed by atoms with Gasteiger partial charge in [0.05, 0.1) is 5.69 Å². The summed E-state index contributed by atoms with van der Waals surface area (Å²) < 4.78 is 0. The third-order valence-electron chi connectivity index (χ3n) is 2.99. The molecule has 0 saturated heterocycles. The van der Waals surface area contributed by atoms with E-state index in [1.165, 1.54) is 0 Å². The van der Waals surface area contributed by atoms with Crippen molar-refractivity contribution in [3.63, 3.8) is 0 Å². The zero-order chi connectivity index (χ0) is 12.3. The Balaban J connectivity index is 2.55. The summed E-state index contributed by atoms with van der Waals surface area (Å²) >= 11 is 0. The van der Waals surface area contributed by atoms with Crippen molar-refractivity contribution in [3.05, 3.63) is 60.2 Å².